The maximum absolute atomic E-state index is 12.9. The van der Waals surface area contributed by atoms with Crippen molar-refractivity contribution in [3.05, 3.63) is 28.8 Å². The summed E-state index contributed by atoms with van der Waals surface area (Å²) in [5.74, 6) is 0.951. The predicted octanol–water partition coefficient (Wildman–Crippen LogP) is 3.51. The molecule has 5 heteroatoms. The lowest BCUT2D eigenvalue weighted by Crippen LogP contribution is -2.45. The monoisotopic (exact) mass is 348 g/mol. The predicted molar refractivity (Wildman–Crippen MR) is 96.2 cm³/mol. The smallest absolute Gasteiger partial charge is 0.228 e. The van der Waals surface area contributed by atoms with E-state index in [4.69, 9.17) is 11.6 Å². The third kappa shape index (κ3) is 3.44. The van der Waals surface area contributed by atoms with E-state index in [1.807, 2.05) is 30.0 Å². The molecule has 0 radical (unpaired) electrons. The maximum Gasteiger partial charge on any atom is 0.228 e. The zero-order valence-corrected chi connectivity index (χ0v) is 15.3. The number of piperidine rings is 1. The fourth-order valence-corrected chi connectivity index (χ4v) is 4.15. The number of amides is 2. The van der Waals surface area contributed by atoms with Gasteiger partial charge in [-0.3, -0.25) is 9.59 Å². The maximum atomic E-state index is 12.9. The van der Waals surface area contributed by atoms with E-state index in [0.717, 1.165) is 24.3 Å². The van der Waals surface area contributed by atoms with Crippen molar-refractivity contribution in [2.75, 3.05) is 24.5 Å². The van der Waals surface area contributed by atoms with Gasteiger partial charge in [0.25, 0.3) is 0 Å². The van der Waals surface area contributed by atoms with Gasteiger partial charge < -0.3 is 9.80 Å². The van der Waals surface area contributed by atoms with Crippen LogP contribution < -0.4 is 4.90 Å². The van der Waals surface area contributed by atoms with Gasteiger partial charge in [-0.05, 0) is 42.9 Å². The Morgan fingerprint density at radius 2 is 1.83 bits per heavy atom. The van der Waals surface area contributed by atoms with Crippen molar-refractivity contribution in [1.82, 2.24) is 4.90 Å². The Morgan fingerprint density at radius 1 is 1.17 bits per heavy atom. The molecule has 2 aliphatic rings. The first-order chi connectivity index (χ1) is 11.3. The van der Waals surface area contributed by atoms with Crippen molar-refractivity contribution in [3.8, 4) is 0 Å². The molecule has 1 aromatic carbocycles. The summed E-state index contributed by atoms with van der Waals surface area (Å²) in [7, 11) is 0. The van der Waals surface area contributed by atoms with Crippen LogP contribution in [-0.2, 0) is 9.59 Å². The minimum absolute atomic E-state index is 0.00590. The number of aryl methyl sites for hydroxylation is 1. The summed E-state index contributed by atoms with van der Waals surface area (Å²) in [6.07, 6.45) is 1.46. The van der Waals surface area contributed by atoms with Gasteiger partial charge in [0.15, 0.2) is 0 Å². The summed E-state index contributed by atoms with van der Waals surface area (Å²) >= 11 is 6.18. The largest absolute Gasteiger partial charge is 0.342 e. The number of halogens is 1. The Balaban J connectivity index is 1.72. The Morgan fingerprint density at radius 3 is 2.46 bits per heavy atom. The van der Waals surface area contributed by atoms with Crippen molar-refractivity contribution >= 4 is 29.1 Å². The van der Waals surface area contributed by atoms with E-state index in [-0.39, 0.29) is 17.7 Å². The van der Waals surface area contributed by atoms with Gasteiger partial charge in [0.05, 0.1) is 5.92 Å². The molecule has 130 valence electrons. The first-order valence-electron chi connectivity index (χ1n) is 8.70. The molecule has 0 saturated carbocycles. The fourth-order valence-electron chi connectivity index (χ4n) is 3.97. The molecule has 2 aliphatic heterocycles. The highest BCUT2D eigenvalue weighted by Gasteiger charge is 2.38. The molecule has 2 amide bonds. The van der Waals surface area contributed by atoms with E-state index in [0.29, 0.717) is 29.8 Å². The Labute approximate surface area is 148 Å². The fraction of sp³-hybridized carbons (Fsp3) is 0.579. The Bertz CT molecular complexity index is 651. The van der Waals surface area contributed by atoms with Crippen LogP contribution in [0.1, 0.15) is 32.3 Å². The average molecular weight is 349 g/mol. The standard InChI is InChI=1S/C19H25ClN2O2/c1-12-6-13(2)10-21(9-12)19(24)15-7-18(23)22(11-15)16-5-4-14(3)17(20)8-16/h4-5,8,12-13,15H,6-7,9-11H2,1-3H3. The molecule has 0 N–H and O–H groups in total. The van der Waals surface area contributed by atoms with Gasteiger partial charge in [-0.1, -0.05) is 31.5 Å². The number of rotatable bonds is 2. The molecule has 3 rings (SSSR count). The highest BCUT2D eigenvalue weighted by atomic mass is 35.5. The number of likely N-dealkylation sites (tertiary alicyclic amines) is 1. The van der Waals surface area contributed by atoms with Gasteiger partial charge in [0.2, 0.25) is 11.8 Å². The summed E-state index contributed by atoms with van der Waals surface area (Å²) in [4.78, 5) is 28.9. The molecule has 0 aliphatic carbocycles. The normalized spacial score (nSPS) is 27.7. The average Bonchev–Trinajstić information content (AvgIpc) is 2.90. The minimum atomic E-state index is -0.241. The lowest BCUT2D eigenvalue weighted by molar-refractivity contribution is -0.138. The van der Waals surface area contributed by atoms with Crippen molar-refractivity contribution < 1.29 is 9.59 Å². The lowest BCUT2D eigenvalue weighted by Gasteiger charge is -2.36. The van der Waals surface area contributed by atoms with Crippen LogP contribution in [0.3, 0.4) is 0 Å². The summed E-state index contributed by atoms with van der Waals surface area (Å²) in [6, 6.07) is 5.62. The summed E-state index contributed by atoms with van der Waals surface area (Å²) < 4.78 is 0. The first-order valence-corrected chi connectivity index (χ1v) is 9.08. The van der Waals surface area contributed by atoms with Gasteiger partial charge in [-0.2, -0.15) is 0 Å². The molecule has 0 bridgehead atoms. The van der Waals surface area contributed by atoms with E-state index in [1.54, 1.807) is 4.90 Å². The van der Waals surface area contributed by atoms with Crippen LogP contribution in [-0.4, -0.2) is 36.3 Å². The van der Waals surface area contributed by atoms with E-state index in [2.05, 4.69) is 13.8 Å². The van der Waals surface area contributed by atoms with Crippen LogP contribution in [0, 0.1) is 24.7 Å². The molecule has 2 heterocycles. The van der Waals surface area contributed by atoms with E-state index in [9.17, 15) is 9.59 Å². The Hall–Kier alpha value is -1.55. The first kappa shape index (κ1) is 17.3. The number of benzene rings is 1. The van der Waals surface area contributed by atoms with Gasteiger partial charge >= 0.3 is 0 Å². The summed E-state index contributed by atoms with van der Waals surface area (Å²) in [6.45, 7) is 8.39. The van der Waals surface area contributed by atoms with E-state index < -0.39 is 0 Å². The van der Waals surface area contributed by atoms with E-state index in [1.165, 1.54) is 6.42 Å². The van der Waals surface area contributed by atoms with Crippen molar-refractivity contribution in [1.29, 1.82) is 0 Å². The molecule has 1 aromatic rings. The highest BCUT2D eigenvalue weighted by Crippen LogP contribution is 2.31. The molecule has 0 aromatic heterocycles. The second-order valence-corrected chi connectivity index (χ2v) is 7.94. The van der Waals surface area contributed by atoms with Crippen LogP contribution in [0.15, 0.2) is 18.2 Å². The van der Waals surface area contributed by atoms with Crippen LogP contribution in [0.25, 0.3) is 0 Å². The molecule has 3 atom stereocenters. The molecule has 2 fully saturated rings. The van der Waals surface area contributed by atoms with E-state index >= 15 is 0 Å². The molecule has 24 heavy (non-hydrogen) atoms. The zero-order chi connectivity index (χ0) is 17.4. The third-order valence-electron chi connectivity index (χ3n) is 5.12. The van der Waals surface area contributed by atoms with Gasteiger partial charge in [-0.25, -0.2) is 0 Å². The van der Waals surface area contributed by atoms with Gasteiger partial charge in [0, 0.05) is 36.8 Å². The summed E-state index contributed by atoms with van der Waals surface area (Å²) in [5, 5.41) is 0.647. The molecule has 0 spiro atoms. The molecular weight excluding hydrogens is 324 g/mol. The molecule has 2 saturated heterocycles. The van der Waals surface area contributed by atoms with Crippen molar-refractivity contribution in [2.45, 2.75) is 33.6 Å². The van der Waals surface area contributed by atoms with Gasteiger partial charge in [-0.15, -0.1) is 0 Å². The van der Waals surface area contributed by atoms with Crippen LogP contribution in [0.2, 0.25) is 5.02 Å². The van der Waals surface area contributed by atoms with Crippen LogP contribution in [0.5, 0.6) is 0 Å². The minimum Gasteiger partial charge on any atom is -0.342 e. The number of carbonyl (C=O) groups is 2. The second-order valence-electron chi connectivity index (χ2n) is 7.53. The third-order valence-corrected chi connectivity index (χ3v) is 5.53. The Kier molecular flexibility index (Phi) is 4.86. The number of hydrogen-bond acceptors (Lipinski definition) is 2. The van der Waals surface area contributed by atoms with Crippen molar-refractivity contribution in [3.63, 3.8) is 0 Å². The SMILES string of the molecule is Cc1ccc(N2CC(C(=O)N3CC(C)CC(C)C3)CC2=O)cc1Cl. The van der Waals surface area contributed by atoms with Crippen molar-refractivity contribution in [2.24, 2.45) is 17.8 Å². The number of hydrogen-bond donors (Lipinski definition) is 0. The quantitative estimate of drug-likeness (QED) is 0.820. The number of nitrogens with zero attached hydrogens (tertiary/aromatic N) is 2. The van der Waals surface area contributed by atoms with Gasteiger partial charge in [0.1, 0.15) is 0 Å². The second kappa shape index (κ2) is 6.75. The molecular formula is C19H25ClN2O2. The number of carbonyl (C=O) groups excluding carboxylic acids is 2. The highest BCUT2D eigenvalue weighted by molar-refractivity contribution is 6.31. The molecule has 4 nitrogen and oxygen atoms in total. The van der Waals surface area contributed by atoms with Crippen LogP contribution >= 0.6 is 11.6 Å². The summed E-state index contributed by atoms with van der Waals surface area (Å²) in [5.41, 5.74) is 1.77. The van der Waals surface area contributed by atoms with Crippen LogP contribution in [0.4, 0.5) is 5.69 Å². The number of anilines is 1. The zero-order valence-electron chi connectivity index (χ0n) is 14.6. The molecule has 3 unspecified atom stereocenters. The lowest BCUT2D eigenvalue weighted by atomic mass is 9.91. The topological polar surface area (TPSA) is 40.6 Å².